The molecule has 0 N–H and O–H groups in total. The summed E-state index contributed by atoms with van der Waals surface area (Å²) in [4.78, 5) is 0. The van der Waals surface area contributed by atoms with Crippen molar-refractivity contribution in [1.82, 2.24) is 0 Å². The molecule has 1 nitrogen and oxygen atoms in total. The molecule has 0 bridgehead atoms. The Morgan fingerprint density at radius 3 is 1.20 bits per heavy atom. The van der Waals surface area contributed by atoms with Gasteiger partial charge in [-0.2, -0.15) is 0 Å². The molecule has 0 amide bonds. The van der Waals surface area contributed by atoms with Crippen molar-refractivity contribution in [3.8, 4) is 0 Å². The lowest BCUT2D eigenvalue weighted by Gasteiger charge is -2.12. The second-order valence-electron chi connectivity index (χ2n) is 4.05. The maximum atomic E-state index is 5.09. The van der Waals surface area contributed by atoms with Gasteiger partial charge < -0.3 is 4.52 Å². The van der Waals surface area contributed by atoms with Crippen molar-refractivity contribution in [2.24, 2.45) is 0 Å². The van der Waals surface area contributed by atoms with E-state index in [4.69, 9.17) is 4.52 Å². The topological polar surface area (TPSA) is 9.23 Å². The van der Waals surface area contributed by atoms with Gasteiger partial charge in [-0.15, -0.1) is 13.2 Å². The van der Waals surface area contributed by atoms with Gasteiger partial charge in [0.1, 0.15) is 0 Å². The van der Waals surface area contributed by atoms with Gasteiger partial charge in [-0.3, -0.25) is 0 Å². The summed E-state index contributed by atoms with van der Waals surface area (Å²) in [6.07, 6.45) is 10.2. The van der Waals surface area contributed by atoms with Gasteiger partial charge in [0.2, 0.25) is 0 Å². The molecule has 0 aromatic heterocycles. The molecule has 3 heteroatoms. The highest BCUT2D eigenvalue weighted by Crippen LogP contribution is 2.39. The molecule has 98 valence electrons. The van der Waals surface area contributed by atoms with Crippen molar-refractivity contribution in [1.29, 1.82) is 0 Å². The first kappa shape index (κ1) is 24.7. The maximum absolute atomic E-state index is 5.09. The zero-order valence-electron chi connectivity index (χ0n) is 10.1. The van der Waals surface area contributed by atoms with Gasteiger partial charge in [0.15, 0.2) is 0 Å². The normalized spacial score (nSPS) is 13.5. The highest BCUT2D eigenvalue weighted by atomic mass is 31.2. The van der Waals surface area contributed by atoms with Crippen molar-refractivity contribution in [3.63, 3.8) is 0 Å². The van der Waals surface area contributed by atoms with E-state index in [1.165, 1.54) is 6.16 Å². The monoisotopic (exact) mass is 256 g/mol. The molecule has 0 aromatic carbocycles. The second kappa shape index (κ2) is 11.1. The van der Waals surface area contributed by atoms with Crippen LogP contribution in [0.1, 0.15) is 28.7 Å². The quantitative estimate of drug-likeness (QED) is 0.669. The zero-order chi connectivity index (χ0) is 11.1. The Kier molecular flexibility index (Phi) is 18.2. The van der Waals surface area contributed by atoms with E-state index < -0.39 is 14.0 Å². The molecule has 0 aliphatic rings. The summed E-state index contributed by atoms with van der Waals surface area (Å²) in [5, 5.41) is 0. The molecule has 0 radical (unpaired) electrons. The van der Waals surface area contributed by atoms with E-state index >= 15 is 0 Å². The van der Waals surface area contributed by atoms with Gasteiger partial charge in [-0.1, -0.05) is 35.0 Å². The Morgan fingerprint density at radius 1 is 0.933 bits per heavy atom. The Hall–Kier alpha value is 0.560. The molecule has 0 spiro atoms. The molecule has 0 aliphatic heterocycles. The highest BCUT2D eigenvalue weighted by molar-refractivity contribution is 7.72. The van der Waals surface area contributed by atoms with E-state index in [-0.39, 0.29) is 14.9 Å². The Morgan fingerprint density at radius 2 is 1.20 bits per heavy atom. The van der Waals surface area contributed by atoms with E-state index in [0.717, 1.165) is 6.16 Å². The lowest BCUT2D eigenvalue weighted by atomic mass is 11.0. The third-order valence-corrected chi connectivity index (χ3v) is 5.90. The third kappa shape index (κ3) is 25.1. The lowest BCUT2D eigenvalue weighted by molar-refractivity contribution is 0.462. The first-order valence-electron chi connectivity index (χ1n) is 4.61. The summed E-state index contributed by atoms with van der Waals surface area (Å²) >= 11 is 0. The molecule has 15 heavy (non-hydrogen) atoms. The number of hydrogen-bond donors (Lipinski definition) is 0. The van der Waals surface area contributed by atoms with Crippen LogP contribution >= 0.6 is 14.0 Å². The predicted molar refractivity (Wildman–Crippen MR) is 87.4 cm³/mol. The Balaban J connectivity index is -0.0000000718. The predicted octanol–water partition coefficient (Wildman–Crippen LogP) is 4.63. The summed E-state index contributed by atoms with van der Waals surface area (Å²) < 4.78 is 5.09. The van der Waals surface area contributed by atoms with Gasteiger partial charge in [-0.05, 0) is 39.4 Å². The summed E-state index contributed by atoms with van der Waals surface area (Å²) in [5.41, 5.74) is 0. The third-order valence-electron chi connectivity index (χ3n) is 1.97. The van der Waals surface area contributed by atoms with E-state index in [1.807, 2.05) is 0 Å². The number of rotatable bonds is 3. The lowest BCUT2D eigenvalue weighted by Crippen LogP contribution is -1.83. The molecule has 0 aromatic rings. The van der Waals surface area contributed by atoms with E-state index in [1.54, 1.807) is 7.11 Å². The smallest absolute Gasteiger partial charge is 0.0396 e. The fourth-order valence-corrected chi connectivity index (χ4v) is 0.387. The van der Waals surface area contributed by atoms with Crippen LogP contribution in [-0.2, 0) is 4.52 Å². The first-order chi connectivity index (χ1) is 5.68. The van der Waals surface area contributed by atoms with Crippen molar-refractivity contribution in [3.05, 3.63) is 0 Å². The summed E-state index contributed by atoms with van der Waals surface area (Å²) in [7, 11) is 0.572. The summed E-state index contributed by atoms with van der Waals surface area (Å²) in [6.45, 7) is 10.2. The summed E-state index contributed by atoms with van der Waals surface area (Å²) in [5.74, 6) is 0. The van der Waals surface area contributed by atoms with Crippen LogP contribution in [0.15, 0.2) is 0 Å². The molecule has 0 fully saturated rings. The Labute approximate surface area is 99.7 Å². The van der Waals surface area contributed by atoms with Crippen LogP contribution < -0.4 is 0 Å². The standard InChI is InChI=1S/C5H13OP.C5H13P.2CH4/c1-5-7(3,4)6-2;1-5-6(2,3)4;;/h3,5H2,1-2,4H3;2,5H2,1,3-4H3;2*1H4. The van der Waals surface area contributed by atoms with Gasteiger partial charge in [0, 0.05) is 7.11 Å². The molecule has 0 rings (SSSR count). The van der Waals surface area contributed by atoms with E-state index in [9.17, 15) is 0 Å². The number of hydrogen-bond acceptors (Lipinski definition) is 1. The van der Waals surface area contributed by atoms with Crippen molar-refractivity contribution in [2.45, 2.75) is 28.7 Å². The molecule has 0 saturated carbocycles. The first-order valence-corrected chi connectivity index (χ1v) is 10.2. The minimum atomic E-state index is -1.15. The van der Waals surface area contributed by atoms with Crippen LogP contribution in [0, 0.1) is 0 Å². The van der Waals surface area contributed by atoms with Crippen LogP contribution in [0.2, 0.25) is 0 Å². The molecule has 1 atom stereocenters. The van der Waals surface area contributed by atoms with Crippen LogP contribution in [0.5, 0.6) is 0 Å². The minimum Gasteiger partial charge on any atom is -0.365 e. The summed E-state index contributed by atoms with van der Waals surface area (Å²) in [6, 6.07) is 0. The van der Waals surface area contributed by atoms with Crippen LogP contribution in [0.25, 0.3) is 0 Å². The Bertz CT molecular complexity index is 196. The fraction of sp³-hybridized carbons (Fsp3) is 0.833. The van der Waals surface area contributed by atoms with E-state index in [0.29, 0.717) is 0 Å². The average molecular weight is 256 g/mol. The molecule has 0 saturated heterocycles. The van der Waals surface area contributed by atoms with Gasteiger partial charge in [-0.25, -0.2) is 0 Å². The van der Waals surface area contributed by atoms with Gasteiger partial charge >= 0.3 is 0 Å². The van der Waals surface area contributed by atoms with Crippen LogP contribution in [0.3, 0.4) is 0 Å². The fourth-order valence-electron chi connectivity index (χ4n) is 0.129. The van der Waals surface area contributed by atoms with Crippen molar-refractivity contribution in [2.75, 3.05) is 39.4 Å². The van der Waals surface area contributed by atoms with Gasteiger partial charge in [0.05, 0.1) is 0 Å². The van der Waals surface area contributed by atoms with Crippen LogP contribution in [-0.4, -0.2) is 52.0 Å². The molecular weight excluding hydrogens is 222 g/mol. The highest BCUT2D eigenvalue weighted by Gasteiger charge is 1.97. The van der Waals surface area contributed by atoms with Crippen molar-refractivity contribution < 1.29 is 4.52 Å². The molecule has 0 heterocycles. The van der Waals surface area contributed by atoms with Gasteiger partial charge in [0.25, 0.3) is 0 Å². The zero-order valence-corrected chi connectivity index (χ0v) is 11.9. The largest absolute Gasteiger partial charge is 0.365 e. The molecular formula is C12H34OP2. The molecule has 1 unspecified atom stereocenters. The van der Waals surface area contributed by atoms with Crippen LogP contribution in [0.4, 0.5) is 0 Å². The van der Waals surface area contributed by atoms with E-state index in [2.05, 4.69) is 46.4 Å². The average Bonchev–Trinajstić information content (AvgIpc) is 2.04. The second-order valence-corrected chi connectivity index (χ2v) is 12.1. The van der Waals surface area contributed by atoms with Crippen molar-refractivity contribution >= 4 is 26.6 Å². The molecule has 0 aliphatic carbocycles. The maximum Gasteiger partial charge on any atom is 0.0396 e. The minimum absolute atomic E-state index is 0. The SMILES string of the molecule is C.C.C=P(C)(C)CC.C=P(C)(CC)OC.